The zero-order chi connectivity index (χ0) is 48.4. The highest BCUT2D eigenvalue weighted by molar-refractivity contribution is 8.77. The van der Waals surface area contributed by atoms with E-state index in [1.54, 1.807) is 36.1 Å². The lowest BCUT2D eigenvalue weighted by Gasteiger charge is -2.67. The van der Waals surface area contributed by atoms with Crippen LogP contribution in [0.5, 0.6) is 11.5 Å². The average molecular weight is 999 g/mol. The highest BCUT2D eigenvalue weighted by Crippen LogP contribution is 2.75. The largest absolute Gasteiger partial charge is 0.485 e. The van der Waals surface area contributed by atoms with Gasteiger partial charge in [0, 0.05) is 53.3 Å². The van der Waals surface area contributed by atoms with Crippen LogP contribution in [0.3, 0.4) is 0 Å². The minimum absolute atomic E-state index is 0.00161. The Balaban J connectivity index is 1.16. The molecule has 69 heavy (non-hydrogen) atoms. The Hall–Kier alpha value is -2.09. The first-order valence-corrected chi connectivity index (χ1v) is 28.7. The van der Waals surface area contributed by atoms with Gasteiger partial charge in [-0.05, 0) is 144 Å². The van der Waals surface area contributed by atoms with E-state index in [9.17, 15) is 35.4 Å². The van der Waals surface area contributed by atoms with E-state index in [1.165, 1.54) is 44.9 Å². The van der Waals surface area contributed by atoms with E-state index in [-0.39, 0.29) is 77.8 Å². The maximum Gasteiger partial charge on any atom is 0.306 e. The molecule has 384 valence electrons. The standard InChI is InChI=1S/C53H78N2O12S2/c1-4-63-41(59)15-12-34-24-35-17-22-64-43(35)45-44(34)66-47-53(62)42-36(11-13-38(57)37(42)28-56)26-51(61,46(53)60)52(67-47)31-68-69-50(39(55-21-23-65-45)14-10-32(2)8-7-9-40(52)58)29-48(18-5-6-19-48)49(30-50)20-16-33(25-49)27-54-3/h11,13,17,22,24,32-33,36-40,42,46-47,54-58,60-62H,4-10,12,14-16,18-21,23,25-31H2,1-3H3/t32-,33-,36+,37+,38+,39+,40-,42+,46+,47-,49+,50-,51+,52-,53-/m1/s1. The minimum atomic E-state index is -2.45. The van der Waals surface area contributed by atoms with Gasteiger partial charge in [0.15, 0.2) is 16.9 Å². The molecule has 0 radical (unpaired) electrons. The van der Waals surface area contributed by atoms with Crippen molar-refractivity contribution in [3.63, 3.8) is 0 Å². The number of hydrogen-bond acceptors (Lipinski definition) is 16. The van der Waals surface area contributed by atoms with E-state index in [0.29, 0.717) is 41.3 Å². The molecule has 4 heterocycles. The zero-order valence-electron chi connectivity index (χ0n) is 40.9. The van der Waals surface area contributed by atoms with Crippen LogP contribution in [0.4, 0.5) is 0 Å². The molecule has 5 bridgehead atoms. The number of carbonyl (C=O) groups is 1. The Morgan fingerprint density at radius 1 is 0.986 bits per heavy atom. The lowest BCUT2D eigenvalue weighted by atomic mass is 9.50. The van der Waals surface area contributed by atoms with Gasteiger partial charge in [-0.15, -0.1) is 0 Å². The van der Waals surface area contributed by atoms with Crippen LogP contribution in [-0.4, -0.2) is 135 Å². The maximum atomic E-state index is 13.6. The van der Waals surface area contributed by atoms with E-state index in [2.05, 4.69) is 24.6 Å². The van der Waals surface area contributed by atoms with E-state index in [4.69, 9.17) is 23.4 Å². The Kier molecular flexibility index (Phi) is 14.4. The van der Waals surface area contributed by atoms with Crippen LogP contribution < -0.4 is 20.1 Å². The summed E-state index contributed by atoms with van der Waals surface area (Å²) in [6.07, 6.45) is 13.1. The number of carbonyl (C=O) groups excluding carboxylic acids is 1. The van der Waals surface area contributed by atoms with Crippen molar-refractivity contribution in [2.24, 2.45) is 40.4 Å². The van der Waals surface area contributed by atoms with Crippen LogP contribution in [0.2, 0.25) is 0 Å². The fraction of sp³-hybridized carbons (Fsp3) is 0.792. The molecule has 16 heteroatoms. The Morgan fingerprint density at radius 2 is 1.80 bits per heavy atom. The van der Waals surface area contributed by atoms with E-state index in [1.807, 2.05) is 22.9 Å². The van der Waals surface area contributed by atoms with Crippen LogP contribution in [0.15, 0.2) is 35.0 Å². The minimum Gasteiger partial charge on any atom is -0.485 e. The number of aryl methyl sites for hydroxylation is 1. The smallest absolute Gasteiger partial charge is 0.306 e. The Bertz CT molecular complexity index is 2190. The maximum absolute atomic E-state index is 13.6. The number of ether oxygens (including phenoxy) is 4. The first-order chi connectivity index (χ1) is 33.2. The number of aliphatic hydroxyl groups excluding tert-OH is 4. The van der Waals surface area contributed by atoms with E-state index in [0.717, 1.165) is 38.6 Å². The van der Waals surface area contributed by atoms with Crippen molar-refractivity contribution < 1.29 is 58.8 Å². The Labute approximate surface area is 415 Å². The first kappa shape index (κ1) is 50.4. The number of furan rings is 1. The second kappa shape index (κ2) is 19.6. The summed E-state index contributed by atoms with van der Waals surface area (Å²) in [5, 5.41) is 84.0. The summed E-state index contributed by atoms with van der Waals surface area (Å²) in [7, 11) is 5.56. The molecule has 5 aliphatic carbocycles. The zero-order valence-corrected chi connectivity index (χ0v) is 42.5. The number of nitrogens with one attached hydrogen (secondary N) is 2. The number of hydrogen-bond donors (Lipinski definition) is 8. The molecule has 4 saturated carbocycles. The number of rotatable bonds is 7. The van der Waals surface area contributed by atoms with Crippen molar-refractivity contribution in [2.45, 2.75) is 175 Å². The summed E-state index contributed by atoms with van der Waals surface area (Å²) < 4.78 is 32.6. The molecule has 1 aromatic heterocycles. The predicted octanol–water partition coefficient (Wildman–Crippen LogP) is 6.19. The molecule has 0 unspecified atom stereocenters. The third-order valence-corrected chi connectivity index (χ3v) is 22.4. The molecular formula is C53H78N2O12S2. The molecule has 3 aliphatic heterocycles. The Morgan fingerprint density at radius 3 is 2.58 bits per heavy atom. The first-order valence-electron chi connectivity index (χ1n) is 26.3. The van der Waals surface area contributed by atoms with Gasteiger partial charge >= 0.3 is 5.97 Å². The second-order valence-corrected chi connectivity index (χ2v) is 25.5. The predicted molar refractivity (Wildman–Crippen MR) is 265 cm³/mol. The highest BCUT2D eigenvalue weighted by atomic mass is 33.1. The third-order valence-electron chi connectivity index (χ3n) is 19.1. The molecule has 0 amide bonds. The summed E-state index contributed by atoms with van der Waals surface area (Å²) in [5.74, 6) is -1.71. The number of benzene rings is 1. The van der Waals surface area contributed by atoms with Crippen LogP contribution in [-0.2, 0) is 20.7 Å². The normalized spacial score (nSPS) is 43.1. The van der Waals surface area contributed by atoms with Crippen LogP contribution in [0.25, 0.3) is 11.0 Å². The summed E-state index contributed by atoms with van der Waals surface area (Å²) in [4.78, 5) is 13.0. The molecule has 15 atom stereocenters. The molecule has 6 fully saturated rings. The fourth-order valence-corrected chi connectivity index (χ4v) is 19.9. The van der Waals surface area contributed by atoms with Crippen LogP contribution >= 0.6 is 21.6 Å². The number of esters is 1. The van der Waals surface area contributed by atoms with Crippen molar-refractivity contribution in [1.82, 2.24) is 10.6 Å². The van der Waals surface area contributed by atoms with Crippen molar-refractivity contribution >= 4 is 38.5 Å². The van der Waals surface area contributed by atoms with Crippen LogP contribution in [0.1, 0.15) is 122 Å². The van der Waals surface area contributed by atoms with Gasteiger partial charge in [-0.2, -0.15) is 0 Å². The number of fused-ring (bicyclic) bond motifs is 12. The summed E-state index contributed by atoms with van der Waals surface area (Å²) in [5.41, 5.74) is -5.27. The molecule has 10 rings (SSSR count). The molecule has 8 N–H and O–H groups in total. The van der Waals surface area contributed by atoms with Gasteiger partial charge in [0.25, 0.3) is 0 Å². The summed E-state index contributed by atoms with van der Waals surface area (Å²) in [6.45, 7) is 5.49. The lowest BCUT2D eigenvalue weighted by Crippen LogP contribution is -2.86. The summed E-state index contributed by atoms with van der Waals surface area (Å²) >= 11 is 0. The van der Waals surface area contributed by atoms with Crippen LogP contribution in [0, 0.1) is 40.4 Å². The molecule has 4 spiro atoms. The van der Waals surface area contributed by atoms with Gasteiger partial charge in [0.2, 0.25) is 12.0 Å². The van der Waals surface area contributed by atoms with Crippen molar-refractivity contribution in [3.8, 4) is 11.5 Å². The topological polar surface area (TPSA) is 213 Å². The number of aliphatic hydroxyl groups is 6. The molecule has 8 aliphatic rings. The van der Waals surface area contributed by atoms with Crippen molar-refractivity contribution in [1.29, 1.82) is 0 Å². The van der Waals surface area contributed by atoms with Gasteiger partial charge in [-0.1, -0.05) is 66.3 Å². The quantitative estimate of drug-likeness (QED) is 0.0883. The third kappa shape index (κ3) is 8.32. The molecule has 1 aromatic carbocycles. The fourth-order valence-electron chi connectivity index (χ4n) is 15.9. The van der Waals surface area contributed by atoms with E-state index >= 15 is 0 Å². The van der Waals surface area contributed by atoms with Gasteiger partial charge in [0.1, 0.15) is 23.9 Å². The lowest BCUT2D eigenvalue weighted by molar-refractivity contribution is -0.424. The second-order valence-electron chi connectivity index (χ2n) is 22.8. The monoisotopic (exact) mass is 998 g/mol. The molecular weight excluding hydrogens is 921 g/mol. The SMILES string of the molecule is CCOC(=O)CCc1cc2ccoc2c2c1O[C@@H]1O[C@@]3(CSS[C@@]4(CC5(CCCC5)[C@]5(CC[C@@H](CNC)C5)C4)[C@H](CC[C@H](C)CCC[C@H]3O)NCCO2)[C@]2(O)C[C@@H]3C=C[C@H](O)[C@H](CO)[C@H]3[C@@]1(O)[C@H]2O. The molecule has 2 saturated heterocycles. The van der Waals surface area contributed by atoms with Gasteiger partial charge in [-0.3, -0.25) is 4.79 Å². The molecule has 2 aromatic rings. The highest BCUT2D eigenvalue weighted by Gasteiger charge is 2.78. The van der Waals surface area contributed by atoms with Gasteiger partial charge in [-0.25, -0.2) is 0 Å². The average Bonchev–Trinajstić information content (AvgIpc) is 4.14. The molecule has 14 nitrogen and oxygen atoms in total. The van der Waals surface area contributed by atoms with Gasteiger partial charge in [0.05, 0.1) is 25.1 Å². The van der Waals surface area contributed by atoms with E-state index < -0.39 is 71.7 Å². The van der Waals surface area contributed by atoms with Crippen molar-refractivity contribution in [3.05, 3.63) is 36.1 Å². The van der Waals surface area contributed by atoms with Gasteiger partial charge < -0.3 is 64.6 Å². The summed E-state index contributed by atoms with van der Waals surface area (Å²) in [6, 6.07) is 3.77. The number of allylic oxidation sites excluding steroid dienone is 1. The van der Waals surface area contributed by atoms with Crippen molar-refractivity contribution in [2.75, 3.05) is 45.7 Å².